The van der Waals surface area contributed by atoms with E-state index in [2.05, 4.69) is 23.1 Å². The third-order valence-electron chi connectivity index (χ3n) is 4.42. The second kappa shape index (κ2) is 6.37. The van der Waals surface area contributed by atoms with E-state index in [4.69, 9.17) is 6.42 Å². The van der Waals surface area contributed by atoms with Gasteiger partial charge in [-0.25, -0.2) is 4.98 Å². The molecule has 2 heterocycles. The number of amides is 1. The summed E-state index contributed by atoms with van der Waals surface area (Å²) in [6.07, 6.45) is 8.20. The first kappa shape index (κ1) is 16.1. The van der Waals surface area contributed by atoms with Crippen LogP contribution in [-0.4, -0.2) is 16.9 Å². The Morgan fingerprint density at radius 2 is 2.17 bits per heavy atom. The molecule has 1 amide bonds. The SMILES string of the molecule is C#Cc1ccc2c(c1)C(Nc1ccc(C)cn1)CC(C)N2C(C)=O. The van der Waals surface area contributed by atoms with Crippen molar-refractivity contribution in [1.82, 2.24) is 4.98 Å². The van der Waals surface area contributed by atoms with Crippen molar-refractivity contribution in [2.45, 2.75) is 39.3 Å². The first-order valence-corrected chi connectivity index (χ1v) is 8.09. The third kappa shape index (κ3) is 2.98. The van der Waals surface area contributed by atoms with E-state index in [1.807, 2.05) is 48.4 Å². The fourth-order valence-electron chi connectivity index (χ4n) is 3.30. The van der Waals surface area contributed by atoms with Crippen LogP contribution in [0.4, 0.5) is 11.5 Å². The average Bonchev–Trinajstić information content (AvgIpc) is 2.56. The first-order chi connectivity index (χ1) is 11.5. The number of rotatable bonds is 2. The molecule has 0 saturated heterocycles. The molecule has 2 atom stereocenters. The smallest absolute Gasteiger partial charge is 0.224 e. The Bertz CT molecular complexity index is 805. The Hall–Kier alpha value is -2.80. The summed E-state index contributed by atoms with van der Waals surface area (Å²) in [4.78, 5) is 18.4. The largest absolute Gasteiger partial charge is 0.363 e. The Morgan fingerprint density at radius 3 is 2.79 bits per heavy atom. The second-order valence-electron chi connectivity index (χ2n) is 6.31. The number of carbonyl (C=O) groups is 1. The number of carbonyl (C=O) groups excluding carboxylic acids is 1. The summed E-state index contributed by atoms with van der Waals surface area (Å²) in [6.45, 7) is 5.68. The van der Waals surface area contributed by atoms with Crippen LogP contribution >= 0.6 is 0 Å². The van der Waals surface area contributed by atoms with Gasteiger partial charge in [-0.05, 0) is 55.7 Å². The number of pyridine rings is 1. The molecular formula is C20H21N3O. The number of hydrogen-bond donors (Lipinski definition) is 1. The van der Waals surface area contributed by atoms with Crippen LogP contribution in [-0.2, 0) is 4.79 Å². The van der Waals surface area contributed by atoms with Gasteiger partial charge in [0.05, 0.1) is 6.04 Å². The highest BCUT2D eigenvalue weighted by atomic mass is 16.2. The number of hydrogen-bond acceptors (Lipinski definition) is 3. The monoisotopic (exact) mass is 319 g/mol. The van der Waals surface area contributed by atoms with Crippen LogP contribution in [0.25, 0.3) is 0 Å². The predicted molar refractivity (Wildman–Crippen MR) is 97.0 cm³/mol. The van der Waals surface area contributed by atoms with Crippen molar-refractivity contribution < 1.29 is 4.79 Å². The fourth-order valence-corrected chi connectivity index (χ4v) is 3.30. The molecule has 24 heavy (non-hydrogen) atoms. The van der Waals surface area contributed by atoms with E-state index in [0.717, 1.165) is 34.6 Å². The Balaban J connectivity index is 2.01. The Labute approximate surface area is 142 Å². The zero-order valence-electron chi connectivity index (χ0n) is 14.2. The fraction of sp³-hybridized carbons (Fsp3) is 0.300. The van der Waals surface area contributed by atoms with Crippen LogP contribution in [0.2, 0.25) is 0 Å². The molecule has 0 fully saturated rings. The van der Waals surface area contributed by atoms with Gasteiger partial charge in [-0.2, -0.15) is 0 Å². The van der Waals surface area contributed by atoms with Crippen LogP contribution in [0, 0.1) is 19.3 Å². The predicted octanol–water partition coefficient (Wildman–Crippen LogP) is 3.67. The van der Waals surface area contributed by atoms with Gasteiger partial charge in [-0.1, -0.05) is 12.0 Å². The van der Waals surface area contributed by atoms with Gasteiger partial charge in [0.1, 0.15) is 5.82 Å². The van der Waals surface area contributed by atoms with E-state index < -0.39 is 0 Å². The van der Waals surface area contributed by atoms with Gasteiger partial charge in [0.25, 0.3) is 0 Å². The topological polar surface area (TPSA) is 45.2 Å². The van der Waals surface area contributed by atoms with Crippen molar-refractivity contribution in [3.63, 3.8) is 0 Å². The Kier molecular flexibility index (Phi) is 4.26. The number of fused-ring (bicyclic) bond motifs is 1. The maximum Gasteiger partial charge on any atom is 0.224 e. The molecule has 1 aliphatic rings. The van der Waals surface area contributed by atoms with Crippen molar-refractivity contribution in [3.05, 3.63) is 53.2 Å². The number of nitrogens with zero attached hydrogens (tertiary/aromatic N) is 2. The lowest BCUT2D eigenvalue weighted by Gasteiger charge is -2.39. The lowest BCUT2D eigenvalue weighted by Crippen LogP contribution is -2.43. The quantitative estimate of drug-likeness (QED) is 0.859. The summed E-state index contributed by atoms with van der Waals surface area (Å²) >= 11 is 0. The highest BCUT2D eigenvalue weighted by molar-refractivity contribution is 5.94. The van der Waals surface area contributed by atoms with Gasteiger partial charge in [0, 0.05) is 30.4 Å². The van der Waals surface area contributed by atoms with Gasteiger partial charge < -0.3 is 10.2 Å². The maximum absolute atomic E-state index is 12.1. The van der Waals surface area contributed by atoms with E-state index in [0.29, 0.717) is 0 Å². The number of terminal acetylenes is 1. The lowest BCUT2D eigenvalue weighted by atomic mass is 9.90. The summed E-state index contributed by atoms with van der Waals surface area (Å²) in [6, 6.07) is 9.99. The summed E-state index contributed by atoms with van der Waals surface area (Å²) in [5.74, 6) is 3.55. The van der Waals surface area contributed by atoms with Crippen LogP contribution in [0.3, 0.4) is 0 Å². The van der Waals surface area contributed by atoms with Crippen LogP contribution in [0.5, 0.6) is 0 Å². The molecule has 1 N–H and O–H groups in total. The maximum atomic E-state index is 12.1. The van der Waals surface area contributed by atoms with Crippen molar-refractivity contribution in [1.29, 1.82) is 0 Å². The standard InChI is InChI=1S/C20H21N3O/c1-5-16-7-8-19-17(11-16)18(10-14(3)23(19)15(4)24)22-20-9-6-13(2)12-21-20/h1,6-9,11-12,14,18H,10H2,2-4H3,(H,21,22). The minimum Gasteiger partial charge on any atom is -0.363 e. The second-order valence-corrected chi connectivity index (χ2v) is 6.31. The summed E-state index contributed by atoms with van der Waals surface area (Å²) in [5, 5.41) is 3.49. The molecule has 4 nitrogen and oxygen atoms in total. The molecule has 3 rings (SSSR count). The van der Waals surface area contributed by atoms with E-state index in [1.165, 1.54) is 0 Å². The number of aromatic nitrogens is 1. The molecule has 1 aromatic heterocycles. The van der Waals surface area contributed by atoms with E-state index in [-0.39, 0.29) is 18.0 Å². The molecule has 1 aromatic carbocycles. The highest BCUT2D eigenvalue weighted by Crippen LogP contribution is 2.39. The summed E-state index contributed by atoms with van der Waals surface area (Å²) in [7, 11) is 0. The lowest BCUT2D eigenvalue weighted by molar-refractivity contribution is -0.117. The van der Waals surface area contributed by atoms with Gasteiger partial charge in [0.15, 0.2) is 0 Å². The van der Waals surface area contributed by atoms with Crippen molar-refractivity contribution >= 4 is 17.4 Å². The minimum atomic E-state index is 0.0455. The minimum absolute atomic E-state index is 0.0455. The number of benzene rings is 1. The van der Waals surface area contributed by atoms with Crippen molar-refractivity contribution in [3.8, 4) is 12.3 Å². The van der Waals surface area contributed by atoms with Crippen LogP contribution in [0.15, 0.2) is 36.5 Å². The number of aryl methyl sites for hydroxylation is 1. The molecule has 2 unspecified atom stereocenters. The van der Waals surface area contributed by atoms with Crippen LogP contribution in [0.1, 0.15) is 43.0 Å². The zero-order valence-corrected chi connectivity index (χ0v) is 14.2. The van der Waals surface area contributed by atoms with E-state index in [1.54, 1.807) is 6.92 Å². The van der Waals surface area contributed by atoms with Gasteiger partial charge >= 0.3 is 0 Å². The molecule has 0 bridgehead atoms. The normalized spacial score (nSPS) is 19.3. The molecule has 0 radical (unpaired) electrons. The molecule has 2 aromatic rings. The van der Waals surface area contributed by atoms with E-state index in [9.17, 15) is 4.79 Å². The molecule has 122 valence electrons. The van der Waals surface area contributed by atoms with Gasteiger partial charge in [-0.15, -0.1) is 6.42 Å². The molecule has 1 aliphatic heterocycles. The molecule has 0 saturated carbocycles. The summed E-state index contributed by atoms with van der Waals surface area (Å²) < 4.78 is 0. The summed E-state index contributed by atoms with van der Waals surface area (Å²) in [5.41, 5.74) is 3.90. The highest BCUT2D eigenvalue weighted by Gasteiger charge is 2.32. The van der Waals surface area contributed by atoms with Gasteiger partial charge in [0.2, 0.25) is 5.91 Å². The van der Waals surface area contributed by atoms with Crippen molar-refractivity contribution in [2.24, 2.45) is 0 Å². The zero-order chi connectivity index (χ0) is 17.3. The molecule has 0 aliphatic carbocycles. The van der Waals surface area contributed by atoms with Crippen LogP contribution < -0.4 is 10.2 Å². The molecule has 0 spiro atoms. The first-order valence-electron chi connectivity index (χ1n) is 8.09. The molecular weight excluding hydrogens is 298 g/mol. The van der Waals surface area contributed by atoms with Gasteiger partial charge in [-0.3, -0.25) is 4.79 Å². The third-order valence-corrected chi connectivity index (χ3v) is 4.42. The average molecular weight is 319 g/mol. The number of anilines is 2. The van der Waals surface area contributed by atoms with Crippen molar-refractivity contribution in [2.75, 3.05) is 10.2 Å². The molecule has 4 heteroatoms. The van der Waals surface area contributed by atoms with E-state index >= 15 is 0 Å². The number of nitrogens with one attached hydrogen (secondary N) is 1. The Morgan fingerprint density at radius 1 is 1.38 bits per heavy atom.